The van der Waals surface area contributed by atoms with Crippen molar-refractivity contribution in [1.29, 1.82) is 0 Å². The van der Waals surface area contributed by atoms with Crippen LogP contribution in [0, 0.1) is 0 Å². The van der Waals surface area contributed by atoms with Gasteiger partial charge in [0.05, 0.1) is 5.39 Å². The fourth-order valence-corrected chi connectivity index (χ4v) is 3.58. The van der Waals surface area contributed by atoms with Gasteiger partial charge in [-0.2, -0.15) is 0 Å². The van der Waals surface area contributed by atoms with Crippen LogP contribution in [0.15, 0.2) is 67.1 Å². The summed E-state index contributed by atoms with van der Waals surface area (Å²) in [6.07, 6.45) is 3.39. The fourth-order valence-electron chi connectivity index (χ4n) is 2.58. The second-order valence-electron chi connectivity index (χ2n) is 5.49. The van der Waals surface area contributed by atoms with E-state index in [9.17, 15) is 0 Å². The van der Waals surface area contributed by atoms with Gasteiger partial charge in [0.2, 0.25) is 0 Å². The van der Waals surface area contributed by atoms with Crippen molar-refractivity contribution in [3.63, 3.8) is 0 Å². The Labute approximate surface area is 149 Å². The molecule has 2 N–H and O–H groups in total. The molecule has 0 amide bonds. The number of anilines is 2. The van der Waals surface area contributed by atoms with Crippen molar-refractivity contribution in [2.24, 2.45) is 0 Å². The van der Waals surface area contributed by atoms with Crippen LogP contribution in [0.25, 0.3) is 20.7 Å². The monoisotopic (exact) mass is 347 g/mol. The van der Waals surface area contributed by atoms with Gasteiger partial charge in [0.1, 0.15) is 22.8 Å². The highest BCUT2D eigenvalue weighted by atomic mass is 32.1. The molecular formula is C19H17N5S. The first-order chi connectivity index (χ1) is 12.4. The molecule has 0 saturated carbocycles. The molecule has 0 aliphatic carbocycles. The van der Waals surface area contributed by atoms with Crippen molar-refractivity contribution in [2.45, 2.75) is 0 Å². The van der Waals surface area contributed by atoms with E-state index in [0.717, 1.165) is 34.9 Å². The maximum atomic E-state index is 4.41. The Morgan fingerprint density at radius 2 is 1.68 bits per heavy atom. The first-order valence-corrected chi connectivity index (χ1v) is 8.90. The van der Waals surface area contributed by atoms with E-state index < -0.39 is 0 Å². The fraction of sp³-hybridized carbons (Fsp3) is 0.105. The Bertz CT molecular complexity index is 953. The van der Waals surface area contributed by atoms with E-state index in [1.54, 1.807) is 23.9 Å². The van der Waals surface area contributed by atoms with Gasteiger partial charge in [-0.25, -0.2) is 15.0 Å². The third-order valence-corrected chi connectivity index (χ3v) is 4.87. The molecule has 6 heteroatoms. The Kier molecular flexibility index (Phi) is 4.52. The Hall–Kier alpha value is -2.99. The average Bonchev–Trinajstić information content (AvgIpc) is 3.12. The average molecular weight is 347 g/mol. The van der Waals surface area contributed by atoms with Crippen molar-refractivity contribution in [3.8, 4) is 10.4 Å². The van der Waals surface area contributed by atoms with Crippen LogP contribution in [-0.4, -0.2) is 28.0 Å². The molecule has 4 rings (SSSR count). The molecule has 3 heterocycles. The summed E-state index contributed by atoms with van der Waals surface area (Å²) < 4.78 is 0. The molecule has 1 aromatic carbocycles. The van der Waals surface area contributed by atoms with Crippen LogP contribution in [0.2, 0.25) is 0 Å². The molecular weight excluding hydrogens is 330 g/mol. The van der Waals surface area contributed by atoms with Crippen LogP contribution in [0.5, 0.6) is 0 Å². The topological polar surface area (TPSA) is 62.7 Å². The van der Waals surface area contributed by atoms with Crippen molar-refractivity contribution in [1.82, 2.24) is 15.0 Å². The Morgan fingerprint density at radius 3 is 2.52 bits per heavy atom. The third kappa shape index (κ3) is 3.59. The van der Waals surface area contributed by atoms with Crippen molar-refractivity contribution < 1.29 is 0 Å². The lowest BCUT2D eigenvalue weighted by molar-refractivity contribution is 1.04. The summed E-state index contributed by atoms with van der Waals surface area (Å²) in [5.41, 5.74) is 1.20. The zero-order valence-corrected chi connectivity index (χ0v) is 14.3. The number of thiophene rings is 1. The molecule has 0 fully saturated rings. The van der Waals surface area contributed by atoms with Crippen LogP contribution in [0.3, 0.4) is 0 Å². The van der Waals surface area contributed by atoms with E-state index in [1.165, 1.54) is 10.4 Å². The normalized spacial score (nSPS) is 10.7. The zero-order valence-electron chi connectivity index (χ0n) is 13.5. The Morgan fingerprint density at radius 1 is 0.840 bits per heavy atom. The summed E-state index contributed by atoms with van der Waals surface area (Å²) in [5, 5.41) is 7.73. The molecule has 5 nitrogen and oxygen atoms in total. The molecule has 124 valence electrons. The van der Waals surface area contributed by atoms with E-state index >= 15 is 0 Å². The molecule has 0 spiro atoms. The van der Waals surface area contributed by atoms with E-state index in [2.05, 4.69) is 43.8 Å². The molecule has 0 radical (unpaired) electrons. The smallest absolute Gasteiger partial charge is 0.138 e. The first-order valence-electron chi connectivity index (χ1n) is 8.09. The number of fused-ring (bicyclic) bond motifs is 1. The molecule has 0 atom stereocenters. The van der Waals surface area contributed by atoms with Gasteiger partial charge in [0.15, 0.2) is 0 Å². The molecule has 0 aliphatic heterocycles. The summed E-state index contributed by atoms with van der Waals surface area (Å²) in [7, 11) is 0. The van der Waals surface area contributed by atoms with E-state index in [1.807, 2.05) is 36.4 Å². The molecule has 0 aliphatic rings. The maximum Gasteiger partial charge on any atom is 0.138 e. The molecule has 4 aromatic rings. The highest BCUT2D eigenvalue weighted by molar-refractivity contribution is 7.21. The Balaban J connectivity index is 1.47. The van der Waals surface area contributed by atoms with Crippen LogP contribution < -0.4 is 10.6 Å². The number of benzene rings is 1. The van der Waals surface area contributed by atoms with E-state index in [4.69, 9.17) is 0 Å². The lowest BCUT2D eigenvalue weighted by Crippen LogP contribution is -2.15. The summed E-state index contributed by atoms with van der Waals surface area (Å²) >= 11 is 1.68. The van der Waals surface area contributed by atoms with Crippen LogP contribution in [0.4, 0.5) is 11.6 Å². The molecule has 0 saturated heterocycles. The quantitative estimate of drug-likeness (QED) is 0.510. The second kappa shape index (κ2) is 7.27. The van der Waals surface area contributed by atoms with Gasteiger partial charge < -0.3 is 10.6 Å². The minimum absolute atomic E-state index is 0.749. The van der Waals surface area contributed by atoms with Crippen molar-refractivity contribution in [2.75, 3.05) is 23.7 Å². The van der Waals surface area contributed by atoms with Gasteiger partial charge in [0.25, 0.3) is 0 Å². The number of rotatable bonds is 6. The standard InChI is InChI=1S/C19H17N5S/c1-2-6-14(7-3-1)16-12-15-18(23-13-24-19(15)25-16)22-11-10-21-17-8-4-5-9-20-17/h1-9,12-13H,10-11H2,(H,20,21)(H,22,23,24). The largest absolute Gasteiger partial charge is 0.368 e. The highest BCUT2D eigenvalue weighted by Crippen LogP contribution is 2.34. The predicted octanol–water partition coefficient (Wildman–Crippen LogP) is 4.28. The van der Waals surface area contributed by atoms with Crippen molar-refractivity contribution in [3.05, 3.63) is 67.1 Å². The van der Waals surface area contributed by atoms with Crippen LogP contribution in [-0.2, 0) is 0 Å². The van der Waals surface area contributed by atoms with Crippen LogP contribution in [0.1, 0.15) is 0 Å². The first kappa shape index (κ1) is 15.5. The SMILES string of the molecule is c1ccc(-c2cc3c(NCCNc4ccccn4)ncnc3s2)cc1. The van der Waals surface area contributed by atoms with Crippen LogP contribution >= 0.6 is 11.3 Å². The zero-order chi connectivity index (χ0) is 16.9. The van der Waals surface area contributed by atoms with Gasteiger partial charge in [-0.15, -0.1) is 11.3 Å². The summed E-state index contributed by atoms with van der Waals surface area (Å²) in [6, 6.07) is 18.3. The van der Waals surface area contributed by atoms with Crippen molar-refractivity contribution >= 4 is 33.2 Å². The summed E-state index contributed by atoms with van der Waals surface area (Å²) in [5.74, 6) is 1.74. The number of nitrogens with zero attached hydrogens (tertiary/aromatic N) is 3. The summed E-state index contributed by atoms with van der Waals surface area (Å²) in [4.78, 5) is 15.2. The van der Waals surface area contributed by atoms with Gasteiger partial charge in [-0.3, -0.25) is 0 Å². The summed E-state index contributed by atoms with van der Waals surface area (Å²) in [6.45, 7) is 1.51. The number of hydrogen-bond donors (Lipinski definition) is 2. The minimum Gasteiger partial charge on any atom is -0.368 e. The molecule has 3 aromatic heterocycles. The lowest BCUT2D eigenvalue weighted by Gasteiger charge is -2.08. The highest BCUT2D eigenvalue weighted by Gasteiger charge is 2.09. The van der Waals surface area contributed by atoms with Gasteiger partial charge in [-0.05, 0) is 23.8 Å². The third-order valence-electron chi connectivity index (χ3n) is 3.78. The number of pyridine rings is 1. The molecule has 0 bridgehead atoms. The number of aromatic nitrogens is 3. The number of nitrogens with one attached hydrogen (secondary N) is 2. The van der Waals surface area contributed by atoms with E-state index in [-0.39, 0.29) is 0 Å². The molecule has 0 unspecified atom stereocenters. The van der Waals surface area contributed by atoms with Gasteiger partial charge >= 0.3 is 0 Å². The van der Waals surface area contributed by atoms with Gasteiger partial charge in [0, 0.05) is 24.2 Å². The predicted molar refractivity (Wildman–Crippen MR) is 104 cm³/mol. The second-order valence-corrected chi connectivity index (χ2v) is 6.52. The lowest BCUT2D eigenvalue weighted by atomic mass is 10.2. The minimum atomic E-state index is 0.749. The molecule has 25 heavy (non-hydrogen) atoms. The van der Waals surface area contributed by atoms with Gasteiger partial charge in [-0.1, -0.05) is 36.4 Å². The number of hydrogen-bond acceptors (Lipinski definition) is 6. The maximum absolute atomic E-state index is 4.41. The van der Waals surface area contributed by atoms with E-state index in [0.29, 0.717) is 0 Å².